The molecule has 144 valence electrons. The van der Waals surface area contributed by atoms with Gasteiger partial charge in [-0.25, -0.2) is 0 Å². The van der Waals surface area contributed by atoms with Crippen LogP contribution in [0.25, 0.3) is 0 Å². The van der Waals surface area contributed by atoms with E-state index in [2.05, 4.69) is 31.9 Å². The maximum absolute atomic E-state index is 12.5. The van der Waals surface area contributed by atoms with E-state index in [1.165, 1.54) is 0 Å². The Bertz CT molecular complexity index is 858. The first kappa shape index (κ1) is 22.2. The largest absolute Gasteiger partial charge is 0.339 e. The Morgan fingerprint density at radius 2 is 1.78 bits per heavy atom. The quantitative estimate of drug-likeness (QED) is 0.290. The zero-order valence-electron chi connectivity index (χ0n) is 14.4. The second-order valence-corrected chi connectivity index (χ2v) is 9.48. The van der Waals surface area contributed by atoms with Crippen LogP contribution in [0.5, 0.6) is 0 Å². The lowest BCUT2D eigenvalue weighted by Gasteiger charge is -2.28. The van der Waals surface area contributed by atoms with Crippen molar-refractivity contribution in [2.24, 2.45) is 0 Å². The minimum Gasteiger partial charge on any atom is -0.339 e. The number of alkyl halides is 3. The predicted molar refractivity (Wildman–Crippen MR) is 121 cm³/mol. The molecular formula is C18H17BrCl3N3OS. The van der Waals surface area contributed by atoms with Crippen LogP contribution in [-0.4, -0.2) is 21.0 Å². The van der Waals surface area contributed by atoms with Gasteiger partial charge in [0.25, 0.3) is 5.91 Å². The number of rotatable bonds is 4. The van der Waals surface area contributed by atoms with Crippen molar-refractivity contribution in [2.75, 3.05) is 5.32 Å². The van der Waals surface area contributed by atoms with Gasteiger partial charge in [-0.3, -0.25) is 4.79 Å². The lowest BCUT2D eigenvalue weighted by atomic mass is 10.1. The van der Waals surface area contributed by atoms with Crippen LogP contribution in [0.2, 0.25) is 0 Å². The number of halogens is 4. The van der Waals surface area contributed by atoms with Crippen LogP contribution >= 0.6 is 63.0 Å². The van der Waals surface area contributed by atoms with Crippen molar-refractivity contribution in [2.45, 2.75) is 23.8 Å². The summed E-state index contributed by atoms with van der Waals surface area (Å²) in [6.07, 6.45) is -1.05. The summed E-state index contributed by atoms with van der Waals surface area (Å²) in [5, 5.41) is 8.76. The van der Waals surface area contributed by atoms with Crippen LogP contribution in [0, 0.1) is 13.8 Å². The Morgan fingerprint density at radius 1 is 1.11 bits per heavy atom. The molecule has 0 bridgehead atoms. The monoisotopic (exact) mass is 507 g/mol. The van der Waals surface area contributed by atoms with Crippen molar-refractivity contribution in [3.8, 4) is 0 Å². The Hall–Kier alpha value is -1.05. The van der Waals surface area contributed by atoms with E-state index in [0.29, 0.717) is 10.0 Å². The first-order valence-electron chi connectivity index (χ1n) is 7.85. The molecular weight excluding hydrogens is 493 g/mol. The van der Waals surface area contributed by atoms with Crippen molar-refractivity contribution in [3.63, 3.8) is 0 Å². The van der Waals surface area contributed by atoms with Gasteiger partial charge >= 0.3 is 0 Å². The molecule has 1 amide bonds. The van der Waals surface area contributed by atoms with Crippen LogP contribution in [0.4, 0.5) is 5.69 Å². The average Bonchev–Trinajstić information content (AvgIpc) is 2.56. The number of amides is 1. The van der Waals surface area contributed by atoms with Crippen LogP contribution < -0.4 is 16.0 Å². The molecule has 4 nitrogen and oxygen atoms in total. The highest BCUT2D eigenvalue weighted by molar-refractivity contribution is 9.10. The van der Waals surface area contributed by atoms with E-state index in [9.17, 15) is 4.79 Å². The van der Waals surface area contributed by atoms with E-state index in [4.69, 9.17) is 47.0 Å². The second-order valence-electron chi connectivity index (χ2n) is 5.84. The summed E-state index contributed by atoms with van der Waals surface area (Å²) in [6.45, 7) is 3.96. The Labute approximate surface area is 187 Å². The number of anilines is 1. The van der Waals surface area contributed by atoms with Crippen molar-refractivity contribution in [1.82, 2.24) is 10.6 Å². The van der Waals surface area contributed by atoms with Gasteiger partial charge in [-0.2, -0.15) is 0 Å². The SMILES string of the molecule is Cc1ccc(NC(=S)N[C@H](NC(=O)c2ccccc2Br)C(Cl)(Cl)Cl)c(C)c1. The molecule has 0 aromatic heterocycles. The molecule has 0 saturated heterocycles. The summed E-state index contributed by atoms with van der Waals surface area (Å²) in [5.74, 6) is -0.416. The summed E-state index contributed by atoms with van der Waals surface area (Å²) in [4.78, 5) is 12.5. The molecule has 0 aliphatic carbocycles. The molecule has 3 N–H and O–H groups in total. The Kier molecular flexibility index (Phi) is 7.77. The molecule has 0 aliphatic heterocycles. The standard InChI is InChI=1S/C18H17BrCl3N3OS/c1-10-7-8-14(11(2)9-10)23-17(27)25-16(18(20,21)22)24-15(26)12-5-3-4-6-13(12)19/h3-9,16H,1-2H3,(H,24,26)(H2,23,25,27)/t16-/m0/s1. The van der Waals surface area contributed by atoms with E-state index in [-0.39, 0.29) is 5.11 Å². The highest BCUT2D eigenvalue weighted by Crippen LogP contribution is 2.30. The fraction of sp³-hybridized carbons (Fsp3) is 0.222. The topological polar surface area (TPSA) is 53.2 Å². The molecule has 0 aliphatic rings. The summed E-state index contributed by atoms with van der Waals surface area (Å²) in [6, 6.07) is 12.8. The first-order chi connectivity index (χ1) is 12.6. The van der Waals surface area contributed by atoms with Crippen molar-refractivity contribution < 1.29 is 4.79 Å². The molecule has 9 heteroatoms. The zero-order valence-corrected chi connectivity index (χ0v) is 19.1. The molecule has 0 unspecified atom stereocenters. The van der Waals surface area contributed by atoms with E-state index in [1.54, 1.807) is 24.3 Å². The lowest BCUT2D eigenvalue weighted by Crippen LogP contribution is -2.56. The fourth-order valence-corrected chi connectivity index (χ4v) is 3.32. The van der Waals surface area contributed by atoms with Crippen molar-refractivity contribution in [1.29, 1.82) is 0 Å². The average molecular weight is 510 g/mol. The van der Waals surface area contributed by atoms with Gasteiger partial charge in [0, 0.05) is 10.2 Å². The number of nitrogens with one attached hydrogen (secondary N) is 3. The fourth-order valence-electron chi connectivity index (χ4n) is 2.30. The molecule has 0 spiro atoms. The number of hydrogen-bond acceptors (Lipinski definition) is 2. The minimum atomic E-state index is -1.83. The number of carbonyl (C=O) groups is 1. The van der Waals surface area contributed by atoms with Gasteiger partial charge < -0.3 is 16.0 Å². The number of hydrogen-bond donors (Lipinski definition) is 3. The lowest BCUT2D eigenvalue weighted by molar-refractivity contribution is 0.0934. The van der Waals surface area contributed by atoms with E-state index < -0.39 is 15.9 Å². The highest BCUT2D eigenvalue weighted by atomic mass is 79.9. The van der Waals surface area contributed by atoms with E-state index in [1.807, 2.05) is 32.0 Å². The third kappa shape index (κ3) is 6.50. The number of carbonyl (C=O) groups excluding carboxylic acids is 1. The van der Waals surface area contributed by atoms with E-state index in [0.717, 1.165) is 16.8 Å². The van der Waals surface area contributed by atoms with Crippen LogP contribution in [0.3, 0.4) is 0 Å². The maximum Gasteiger partial charge on any atom is 0.254 e. The summed E-state index contributed by atoms with van der Waals surface area (Å²) in [5.41, 5.74) is 3.38. The Morgan fingerprint density at radius 3 is 2.37 bits per heavy atom. The van der Waals surface area contributed by atoms with Crippen LogP contribution in [0.15, 0.2) is 46.9 Å². The van der Waals surface area contributed by atoms with E-state index >= 15 is 0 Å². The van der Waals surface area contributed by atoms with Gasteiger partial charge in [-0.1, -0.05) is 64.6 Å². The van der Waals surface area contributed by atoms with Gasteiger partial charge in [0.15, 0.2) is 5.11 Å². The summed E-state index contributed by atoms with van der Waals surface area (Å²) >= 11 is 26.7. The molecule has 0 saturated carbocycles. The van der Waals surface area contributed by atoms with Gasteiger partial charge in [0.05, 0.1) is 5.56 Å². The van der Waals surface area contributed by atoms with Gasteiger partial charge in [-0.05, 0) is 65.8 Å². The van der Waals surface area contributed by atoms with Gasteiger partial charge in [0.2, 0.25) is 3.79 Å². The third-order valence-corrected chi connectivity index (χ3v) is 5.19. The summed E-state index contributed by atoms with van der Waals surface area (Å²) < 4.78 is -1.20. The molecule has 1 atom stereocenters. The van der Waals surface area contributed by atoms with Crippen LogP contribution in [0.1, 0.15) is 21.5 Å². The molecule has 27 heavy (non-hydrogen) atoms. The van der Waals surface area contributed by atoms with Gasteiger partial charge in [-0.15, -0.1) is 0 Å². The minimum absolute atomic E-state index is 0.214. The smallest absolute Gasteiger partial charge is 0.254 e. The zero-order chi connectivity index (χ0) is 20.2. The summed E-state index contributed by atoms with van der Waals surface area (Å²) in [7, 11) is 0. The number of aryl methyl sites for hydroxylation is 2. The normalized spacial score (nSPS) is 12.2. The molecule has 2 aromatic carbocycles. The molecule has 0 fully saturated rings. The van der Waals surface area contributed by atoms with Crippen molar-refractivity contribution >= 4 is 79.7 Å². The maximum atomic E-state index is 12.5. The van der Waals surface area contributed by atoms with Crippen molar-refractivity contribution in [3.05, 3.63) is 63.6 Å². The number of benzene rings is 2. The third-order valence-electron chi connectivity index (χ3n) is 3.63. The molecule has 0 heterocycles. The Balaban J connectivity index is 2.11. The predicted octanol–water partition coefficient (Wildman–Crippen LogP) is 5.48. The van der Waals surface area contributed by atoms with Gasteiger partial charge in [0.1, 0.15) is 6.17 Å². The number of thiocarbonyl (C=S) groups is 1. The molecule has 2 rings (SSSR count). The highest BCUT2D eigenvalue weighted by Gasteiger charge is 2.35. The molecule has 0 radical (unpaired) electrons. The molecule has 2 aromatic rings. The first-order valence-corrected chi connectivity index (χ1v) is 10.2. The van der Waals surface area contributed by atoms with Crippen LogP contribution in [-0.2, 0) is 0 Å². The second kappa shape index (κ2) is 9.43.